The molecule has 0 radical (unpaired) electrons. The van der Waals surface area contributed by atoms with E-state index in [1.54, 1.807) is 6.92 Å². The van der Waals surface area contributed by atoms with Gasteiger partial charge < -0.3 is 10.2 Å². The molecule has 7 heteroatoms. The van der Waals surface area contributed by atoms with Crippen LogP contribution >= 0.6 is 0 Å². The third-order valence-electron chi connectivity index (χ3n) is 2.22. The van der Waals surface area contributed by atoms with Gasteiger partial charge in [-0.25, -0.2) is 8.78 Å². The maximum absolute atomic E-state index is 12.7. The smallest absolute Gasteiger partial charge is 0.334 e. The minimum atomic E-state index is -4.57. The molecule has 88 valence electrons. The van der Waals surface area contributed by atoms with Crippen LogP contribution < -0.4 is 5.32 Å². The first-order chi connectivity index (χ1) is 6.85. The van der Waals surface area contributed by atoms with Crippen molar-refractivity contribution in [3.8, 4) is 0 Å². The van der Waals surface area contributed by atoms with Gasteiger partial charge in [-0.2, -0.15) is 8.78 Å². The Hall–Kier alpha value is -0.850. The molecule has 1 saturated heterocycles. The normalized spacial score (nSPS) is 23.3. The number of hydrogen-bond acceptors (Lipinski definition) is 2. The van der Waals surface area contributed by atoms with Crippen molar-refractivity contribution < 1.29 is 22.4 Å². The molecule has 1 amide bonds. The van der Waals surface area contributed by atoms with Gasteiger partial charge in [-0.3, -0.25) is 4.79 Å². The van der Waals surface area contributed by atoms with E-state index in [9.17, 15) is 22.4 Å². The lowest BCUT2D eigenvalue weighted by molar-refractivity contribution is -0.181. The zero-order valence-electron chi connectivity index (χ0n) is 8.14. The summed E-state index contributed by atoms with van der Waals surface area (Å²) in [5.41, 5.74) is 0. The lowest BCUT2D eigenvalue weighted by atomic mass is 10.2. The molecule has 1 heterocycles. The van der Waals surface area contributed by atoms with Crippen molar-refractivity contribution >= 4 is 5.91 Å². The standard InChI is InChI=1S/C8H12F4N2O/c1-5-4-14(3-2-13-5)7(15)8(11,12)6(9)10/h5-6,13H,2-4H2,1H3. The average Bonchev–Trinajstić information content (AvgIpc) is 2.16. The lowest BCUT2D eigenvalue weighted by Gasteiger charge is -2.33. The average molecular weight is 228 g/mol. The van der Waals surface area contributed by atoms with Crippen LogP contribution in [0.25, 0.3) is 0 Å². The Bertz CT molecular complexity index is 247. The number of halogens is 4. The number of nitrogens with one attached hydrogen (secondary N) is 1. The SMILES string of the molecule is CC1CN(C(=O)C(F)(F)C(F)F)CCN1. The van der Waals surface area contributed by atoms with Gasteiger partial charge in [-0.05, 0) is 6.92 Å². The molecule has 0 saturated carbocycles. The van der Waals surface area contributed by atoms with E-state index in [4.69, 9.17) is 0 Å². The van der Waals surface area contributed by atoms with Gasteiger partial charge in [0.05, 0.1) is 0 Å². The molecule has 0 aromatic rings. The predicted molar refractivity (Wildman–Crippen MR) is 45.0 cm³/mol. The number of nitrogens with zero attached hydrogens (tertiary/aromatic N) is 1. The largest absolute Gasteiger partial charge is 0.383 e. The molecule has 0 aromatic heterocycles. The molecule has 1 unspecified atom stereocenters. The zero-order valence-corrected chi connectivity index (χ0v) is 8.14. The number of carbonyl (C=O) groups excluding carboxylic acids is 1. The molecule has 1 fully saturated rings. The maximum Gasteiger partial charge on any atom is 0.383 e. The van der Waals surface area contributed by atoms with E-state index in [1.807, 2.05) is 0 Å². The van der Waals surface area contributed by atoms with E-state index in [0.29, 0.717) is 6.54 Å². The van der Waals surface area contributed by atoms with Gasteiger partial charge in [0.1, 0.15) is 0 Å². The Morgan fingerprint density at radius 3 is 2.60 bits per heavy atom. The third kappa shape index (κ3) is 2.58. The number of carbonyl (C=O) groups is 1. The number of alkyl halides is 4. The Morgan fingerprint density at radius 1 is 1.53 bits per heavy atom. The minimum Gasteiger partial charge on any atom is -0.334 e. The van der Waals surface area contributed by atoms with Gasteiger partial charge in [-0.15, -0.1) is 0 Å². The Balaban J connectivity index is 2.67. The van der Waals surface area contributed by atoms with Crippen molar-refractivity contribution in [2.24, 2.45) is 0 Å². The monoisotopic (exact) mass is 228 g/mol. The second-order valence-corrected chi connectivity index (χ2v) is 3.53. The number of rotatable bonds is 2. The molecule has 1 atom stereocenters. The van der Waals surface area contributed by atoms with Gasteiger partial charge in [0, 0.05) is 25.7 Å². The summed E-state index contributed by atoms with van der Waals surface area (Å²) in [6.45, 7) is 2.10. The molecule has 0 spiro atoms. The van der Waals surface area contributed by atoms with Crippen LogP contribution in [-0.2, 0) is 4.79 Å². The van der Waals surface area contributed by atoms with Crippen LogP contribution in [0.5, 0.6) is 0 Å². The fraction of sp³-hybridized carbons (Fsp3) is 0.875. The molecule has 1 rings (SSSR count). The van der Waals surface area contributed by atoms with E-state index in [0.717, 1.165) is 4.90 Å². The summed E-state index contributed by atoms with van der Waals surface area (Å²) in [6, 6.07) is -0.156. The highest BCUT2D eigenvalue weighted by molar-refractivity contribution is 5.84. The highest BCUT2D eigenvalue weighted by Gasteiger charge is 2.51. The Kier molecular flexibility index (Phi) is 3.54. The van der Waals surface area contributed by atoms with Crippen molar-refractivity contribution in [3.63, 3.8) is 0 Å². The van der Waals surface area contributed by atoms with E-state index >= 15 is 0 Å². The van der Waals surface area contributed by atoms with Crippen molar-refractivity contribution in [1.82, 2.24) is 10.2 Å². The van der Waals surface area contributed by atoms with E-state index in [-0.39, 0.29) is 19.1 Å². The molecule has 0 aliphatic carbocycles. The molecule has 1 N–H and O–H groups in total. The number of hydrogen-bond donors (Lipinski definition) is 1. The lowest BCUT2D eigenvalue weighted by Crippen LogP contribution is -2.56. The van der Waals surface area contributed by atoms with Gasteiger partial charge in [0.2, 0.25) is 0 Å². The third-order valence-corrected chi connectivity index (χ3v) is 2.22. The molecular formula is C8H12F4N2O. The molecule has 1 aliphatic rings. The highest BCUT2D eigenvalue weighted by atomic mass is 19.3. The van der Waals surface area contributed by atoms with E-state index < -0.39 is 18.3 Å². The van der Waals surface area contributed by atoms with Gasteiger partial charge in [0.25, 0.3) is 5.91 Å². The summed E-state index contributed by atoms with van der Waals surface area (Å²) in [6.07, 6.45) is -3.95. The van der Waals surface area contributed by atoms with Crippen molar-refractivity contribution in [1.29, 1.82) is 0 Å². The molecule has 0 bridgehead atoms. The summed E-state index contributed by atoms with van der Waals surface area (Å²) in [7, 11) is 0. The molecule has 0 aromatic carbocycles. The quantitative estimate of drug-likeness (QED) is 0.706. The molecule has 3 nitrogen and oxygen atoms in total. The molecular weight excluding hydrogens is 216 g/mol. The predicted octanol–water partition coefficient (Wildman–Crippen LogP) is 0.707. The van der Waals surface area contributed by atoms with Crippen molar-refractivity contribution in [2.45, 2.75) is 25.3 Å². The van der Waals surface area contributed by atoms with Crippen LogP contribution in [0.1, 0.15) is 6.92 Å². The summed E-state index contributed by atoms with van der Waals surface area (Å²) in [4.78, 5) is 11.8. The van der Waals surface area contributed by atoms with Crippen LogP contribution in [0, 0.1) is 0 Å². The summed E-state index contributed by atoms with van der Waals surface area (Å²) < 4.78 is 49.2. The second-order valence-electron chi connectivity index (χ2n) is 3.53. The van der Waals surface area contributed by atoms with Gasteiger partial charge in [-0.1, -0.05) is 0 Å². The summed E-state index contributed by atoms with van der Waals surface area (Å²) in [5.74, 6) is -6.36. The minimum absolute atomic E-state index is 0.0289. The first-order valence-electron chi connectivity index (χ1n) is 4.54. The molecule has 1 aliphatic heterocycles. The zero-order chi connectivity index (χ0) is 11.6. The Labute approximate surface area is 84.4 Å². The van der Waals surface area contributed by atoms with E-state index in [2.05, 4.69) is 5.32 Å². The summed E-state index contributed by atoms with van der Waals surface area (Å²) >= 11 is 0. The van der Waals surface area contributed by atoms with Crippen molar-refractivity contribution in [3.05, 3.63) is 0 Å². The van der Waals surface area contributed by atoms with Crippen LogP contribution in [0.3, 0.4) is 0 Å². The van der Waals surface area contributed by atoms with Crippen LogP contribution in [0.2, 0.25) is 0 Å². The van der Waals surface area contributed by atoms with E-state index in [1.165, 1.54) is 0 Å². The molecule has 15 heavy (non-hydrogen) atoms. The van der Waals surface area contributed by atoms with Crippen LogP contribution in [-0.4, -0.2) is 48.8 Å². The van der Waals surface area contributed by atoms with Gasteiger partial charge >= 0.3 is 12.3 Å². The van der Waals surface area contributed by atoms with Crippen molar-refractivity contribution in [2.75, 3.05) is 19.6 Å². The second kappa shape index (κ2) is 4.34. The van der Waals surface area contributed by atoms with Gasteiger partial charge in [0.15, 0.2) is 0 Å². The Morgan fingerprint density at radius 2 is 2.13 bits per heavy atom. The maximum atomic E-state index is 12.7. The van der Waals surface area contributed by atoms with Crippen LogP contribution in [0.15, 0.2) is 0 Å². The van der Waals surface area contributed by atoms with Crippen LogP contribution in [0.4, 0.5) is 17.6 Å². The highest BCUT2D eigenvalue weighted by Crippen LogP contribution is 2.25. The number of piperazine rings is 1. The number of amides is 1. The topological polar surface area (TPSA) is 32.3 Å². The first kappa shape index (κ1) is 12.2. The first-order valence-corrected chi connectivity index (χ1v) is 4.54. The summed E-state index contributed by atoms with van der Waals surface area (Å²) in [5, 5.41) is 2.92. The fourth-order valence-electron chi connectivity index (χ4n) is 1.42. The fourth-order valence-corrected chi connectivity index (χ4v) is 1.42.